The van der Waals surface area contributed by atoms with Crippen LogP contribution in [0, 0.1) is 0 Å². The van der Waals surface area contributed by atoms with Gasteiger partial charge in [-0.1, -0.05) is 6.07 Å². The molecule has 0 saturated heterocycles. The fourth-order valence-corrected chi connectivity index (χ4v) is 3.41. The first-order valence-electron chi connectivity index (χ1n) is 8.30. The van der Waals surface area contributed by atoms with Crippen LogP contribution in [0.5, 0.6) is 11.5 Å². The molecule has 2 aliphatic heterocycles. The molecule has 0 saturated carbocycles. The van der Waals surface area contributed by atoms with Crippen molar-refractivity contribution in [2.75, 3.05) is 18.7 Å². The van der Waals surface area contributed by atoms with Crippen molar-refractivity contribution in [3.63, 3.8) is 0 Å². The lowest BCUT2D eigenvalue weighted by Crippen LogP contribution is -2.05. The monoisotopic (exact) mass is 349 g/mol. The molecule has 0 unspecified atom stereocenters. The Morgan fingerprint density at radius 1 is 1.15 bits per heavy atom. The molecule has 0 fully saturated rings. The van der Waals surface area contributed by atoms with Gasteiger partial charge in [-0.25, -0.2) is 9.48 Å². The van der Waals surface area contributed by atoms with Gasteiger partial charge in [0.05, 0.1) is 16.9 Å². The molecule has 2 aromatic carbocycles. The molecule has 130 valence electrons. The van der Waals surface area contributed by atoms with Crippen LogP contribution in [0.4, 0.5) is 5.82 Å². The first-order chi connectivity index (χ1) is 12.7. The lowest BCUT2D eigenvalue weighted by Gasteiger charge is -2.07. The number of nitrogens with zero attached hydrogens (tertiary/aromatic N) is 2. The number of hydrogen-bond acceptors (Lipinski definition) is 5. The molecule has 2 N–H and O–H groups in total. The Morgan fingerprint density at radius 2 is 2.04 bits per heavy atom. The van der Waals surface area contributed by atoms with Crippen molar-refractivity contribution in [3.8, 4) is 28.4 Å². The minimum absolute atomic E-state index is 0.231. The molecule has 0 bridgehead atoms. The van der Waals surface area contributed by atoms with Crippen molar-refractivity contribution in [3.05, 3.63) is 53.6 Å². The number of nitrogens with one attached hydrogen (secondary N) is 1. The first-order valence-corrected chi connectivity index (χ1v) is 8.30. The lowest BCUT2D eigenvalue weighted by molar-refractivity contribution is 0.0697. The van der Waals surface area contributed by atoms with Gasteiger partial charge in [-0.2, -0.15) is 5.10 Å². The van der Waals surface area contributed by atoms with Crippen LogP contribution in [-0.4, -0.2) is 34.2 Å². The number of aromatic carboxylic acids is 1. The summed E-state index contributed by atoms with van der Waals surface area (Å²) in [6, 6.07) is 12.6. The second-order valence-electron chi connectivity index (χ2n) is 6.19. The van der Waals surface area contributed by atoms with Gasteiger partial charge in [-0.3, -0.25) is 0 Å². The van der Waals surface area contributed by atoms with E-state index >= 15 is 0 Å². The van der Waals surface area contributed by atoms with E-state index in [4.69, 9.17) is 14.6 Å². The molecule has 7 heteroatoms. The van der Waals surface area contributed by atoms with Crippen LogP contribution in [0.15, 0.2) is 42.5 Å². The summed E-state index contributed by atoms with van der Waals surface area (Å²) in [5.74, 6) is 1.39. The highest BCUT2D eigenvalue weighted by molar-refractivity contribution is 5.88. The van der Waals surface area contributed by atoms with E-state index in [0.29, 0.717) is 11.4 Å². The Hall–Kier alpha value is -3.48. The summed E-state index contributed by atoms with van der Waals surface area (Å²) in [6.45, 7) is 1.05. The number of ether oxygens (including phenoxy) is 2. The van der Waals surface area contributed by atoms with Gasteiger partial charge in [0.15, 0.2) is 11.5 Å². The molecule has 1 aromatic heterocycles. The Morgan fingerprint density at radius 3 is 2.92 bits per heavy atom. The highest BCUT2D eigenvalue weighted by Gasteiger charge is 2.25. The number of rotatable bonds is 3. The Labute approximate surface area is 148 Å². The molecule has 0 amide bonds. The lowest BCUT2D eigenvalue weighted by atomic mass is 10.1. The molecule has 26 heavy (non-hydrogen) atoms. The second-order valence-corrected chi connectivity index (χ2v) is 6.19. The van der Waals surface area contributed by atoms with E-state index < -0.39 is 5.97 Å². The molecule has 2 aliphatic rings. The minimum Gasteiger partial charge on any atom is -0.478 e. The summed E-state index contributed by atoms with van der Waals surface area (Å²) in [4.78, 5) is 11.3. The summed E-state index contributed by atoms with van der Waals surface area (Å²) in [5.41, 5.74) is 3.87. The van der Waals surface area contributed by atoms with E-state index in [1.807, 2.05) is 24.3 Å². The third-order valence-electron chi connectivity index (χ3n) is 4.63. The first kappa shape index (κ1) is 14.8. The van der Waals surface area contributed by atoms with Crippen LogP contribution in [0.2, 0.25) is 0 Å². The summed E-state index contributed by atoms with van der Waals surface area (Å²) >= 11 is 0. The number of carboxylic acid groups (broad SMARTS) is 1. The number of carboxylic acids is 1. The van der Waals surface area contributed by atoms with Crippen molar-refractivity contribution in [1.82, 2.24) is 9.78 Å². The average molecular weight is 349 g/mol. The number of carbonyl (C=O) groups is 1. The topological polar surface area (TPSA) is 85.6 Å². The van der Waals surface area contributed by atoms with Crippen molar-refractivity contribution < 1.29 is 19.4 Å². The highest BCUT2D eigenvalue weighted by Crippen LogP contribution is 2.39. The summed E-state index contributed by atoms with van der Waals surface area (Å²) < 4.78 is 12.6. The molecule has 0 spiro atoms. The number of hydrogen-bond donors (Lipinski definition) is 2. The number of benzene rings is 2. The average Bonchev–Trinajstić information content (AvgIpc) is 3.37. The van der Waals surface area contributed by atoms with E-state index in [9.17, 15) is 9.90 Å². The van der Waals surface area contributed by atoms with Gasteiger partial charge in [0.25, 0.3) is 0 Å². The van der Waals surface area contributed by atoms with Crippen molar-refractivity contribution in [1.29, 1.82) is 0 Å². The van der Waals surface area contributed by atoms with Gasteiger partial charge in [-0.05, 0) is 42.8 Å². The summed E-state index contributed by atoms with van der Waals surface area (Å²) in [5, 5.41) is 17.4. The molecular formula is C19H15N3O4. The van der Waals surface area contributed by atoms with Gasteiger partial charge in [0.2, 0.25) is 6.79 Å². The van der Waals surface area contributed by atoms with E-state index in [1.165, 1.54) is 0 Å². The third-order valence-corrected chi connectivity index (χ3v) is 4.63. The molecule has 5 rings (SSSR count). The maximum absolute atomic E-state index is 11.3. The molecular weight excluding hydrogens is 334 g/mol. The highest BCUT2D eigenvalue weighted by atomic mass is 16.7. The normalized spacial score (nSPS) is 14.2. The largest absolute Gasteiger partial charge is 0.478 e. The van der Waals surface area contributed by atoms with Crippen LogP contribution in [-0.2, 0) is 6.42 Å². The fraction of sp³-hybridized carbons (Fsp3) is 0.158. The predicted molar refractivity (Wildman–Crippen MR) is 94.3 cm³/mol. The maximum Gasteiger partial charge on any atom is 0.335 e. The third kappa shape index (κ3) is 2.21. The smallest absolute Gasteiger partial charge is 0.335 e. The molecule has 0 atom stereocenters. The molecule has 0 aliphatic carbocycles. The van der Waals surface area contributed by atoms with E-state index in [2.05, 4.69) is 5.32 Å². The number of anilines is 1. The zero-order valence-electron chi connectivity index (χ0n) is 13.7. The molecule has 7 nitrogen and oxygen atoms in total. The SMILES string of the molecule is O=C(O)c1cccc(-n2nc(-c3ccc4c(c3)OCO4)c3c2NCC3)c1. The van der Waals surface area contributed by atoms with Crippen LogP contribution in [0.25, 0.3) is 16.9 Å². The quantitative estimate of drug-likeness (QED) is 0.756. The maximum atomic E-state index is 11.3. The molecule has 0 radical (unpaired) electrons. The van der Waals surface area contributed by atoms with Crippen molar-refractivity contribution in [2.45, 2.75) is 6.42 Å². The standard InChI is InChI=1S/C19H15N3O4/c23-19(24)12-2-1-3-13(8-12)22-18-14(6-7-20-18)17(21-22)11-4-5-15-16(9-11)26-10-25-15/h1-5,8-9,20H,6-7,10H2,(H,23,24). The Balaban J connectivity index is 1.64. The molecule has 3 aromatic rings. The second kappa shape index (κ2) is 5.52. The number of aromatic nitrogens is 2. The van der Waals surface area contributed by atoms with Crippen LogP contribution >= 0.6 is 0 Å². The Kier molecular flexibility index (Phi) is 3.15. The summed E-state index contributed by atoms with van der Waals surface area (Å²) in [7, 11) is 0. The van der Waals surface area contributed by atoms with Crippen LogP contribution < -0.4 is 14.8 Å². The van der Waals surface area contributed by atoms with Gasteiger partial charge in [0.1, 0.15) is 5.82 Å². The van der Waals surface area contributed by atoms with Crippen LogP contribution in [0.1, 0.15) is 15.9 Å². The fourth-order valence-electron chi connectivity index (χ4n) is 3.41. The predicted octanol–water partition coefficient (Wildman–Crippen LogP) is 2.93. The van der Waals surface area contributed by atoms with Crippen molar-refractivity contribution >= 4 is 11.8 Å². The molecule has 3 heterocycles. The van der Waals surface area contributed by atoms with Gasteiger partial charge < -0.3 is 19.9 Å². The van der Waals surface area contributed by atoms with Gasteiger partial charge >= 0.3 is 5.97 Å². The van der Waals surface area contributed by atoms with E-state index in [0.717, 1.165) is 41.4 Å². The van der Waals surface area contributed by atoms with E-state index in [1.54, 1.807) is 22.9 Å². The number of fused-ring (bicyclic) bond motifs is 2. The zero-order valence-corrected chi connectivity index (χ0v) is 13.7. The zero-order chi connectivity index (χ0) is 17.7. The minimum atomic E-state index is -0.959. The van der Waals surface area contributed by atoms with Crippen molar-refractivity contribution in [2.24, 2.45) is 0 Å². The summed E-state index contributed by atoms with van der Waals surface area (Å²) in [6.07, 6.45) is 0.859. The van der Waals surface area contributed by atoms with E-state index in [-0.39, 0.29) is 12.4 Å². The van der Waals surface area contributed by atoms with Gasteiger partial charge in [-0.15, -0.1) is 0 Å². The van der Waals surface area contributed by atoms with Crippen LogP contribution in [0.3, 0.4) is 0 Å². The van der Waals surface area contributed by atoms with Gasteiger partial charge in [0, 0.05) is 17.7 Å². The Bertz CT molecular complexity index is 1040.